The Morgan fingerprint density at radius 3 is 2.86 bits per heavy atom. The molecule has 5 heteroatoms. The molecule has 1 aromatic carbocycles. The minimum Gasteiger partial charge on any atom is -0.384 e. The molecule has 21 heavy (non-hydrogen) atoms. The summed E-state index contributed by atoms with van der Waals surface area (Å²) in [5, 5.41) is 8.45. The Kier molecular flexibility index (Phi) is 4.22. The van der Waals surface area contributed by atoms with Crippen LogP contribution < -0.4 is 16.1 Å². The molecule has 3 rings (SSSR count). The maximum atomic E-state index is 12.4. The van der Waals surface area contributed by atoms with Crippen molar-refractivity contribution < 1.29 is 4.79 Å². The minimum atomic E-state index is 0.0979. The van der Waals surface area contributed by atoms with Crippen molar-refractivity contribution >= 4 is 5.91 Å². The van der Waals surface area contributed by atoms with E-state index in [1.807, 2.05) is 6.07 Å². The summed E-state index contributed by atoms with van der Waals surface area (Å²) in [4.78, 5) is 12.4. The van der Waals surface area contributed by atoms with Crippen LogP contribution in [0.3, 0.4) is 0 Å². The lowest BCUT2D eigenvalue weighted by Crippen LogP contribution is -2.58. The van der Waals surface area contributed by atoms with Crippen LogP contribution in [0, 0.1) is 6.92 Å². The lowest BCUT2D eigenvalue weighted by Gasteiger charge is -2.34. The second kappa shape index (κ2) is 6.28. The second-order valence-electron chi connectivity index (χ2n) is 5.53. The quantitative estimate of drug-likeness (QED) is 0.762. The summed E-state index contributed by atoms with van der Waals surface area (Å²) in [5.74, 6) is 0.0979. The number of carbonyl (C=O) groups excluding carboxylic acids is 1. The van der Waals surface area contributed by atoms with Crippen molar-refractivity contribution in [3.63, 3.8) is 0 Å². The van der Waals surface area contributed by atoms with Crippen LogP contribution in [0.25, 0.3) is 0 Å². The average Bonchev–Trinajstić information content (AvgIpc) is 2.45. The largest absolute Gasteiger partial charge is 0.384 e. The Morgan fingerprint density at radius 1 is 1.33 bits per heavy atom. The van der Waals surface area contributed by atoms with Crippen LogP contribution in [0.4, 0.5) is 0 Å². The molecule has 1 aromatic rings. The number of aryl methyl sites for hydroxylation is 1. The Bertz CT molecular complexity index is 563. The van der Waals surface area contributed by atoms with Crippen LogP contribution in [0.2, 0.25) is 0 Å². The fraction of sp³-hybridized carbons (Fsp3) is 0.438. The Hall–Kier alpha value is -1.85. The fourth-order valence-electron chi connectivity index (χ4n) is 2.65. The number of hydrogen-bond acceptors (Lipinski definition) is 4. The maximum absolute atomic E-state index is 12.4. The van der Waals surface area contributed by atoms with E-state index in [2.05, 4.69) is 41.2 Å². The van der Waals surface area contributed by atoms with Crippen molar-refractivity contribution in [2.75, 3.05) is 26.2 Å². The zero-order valence-corrected chi connectivity index (χ0v) is 12.4. The summed E-state index contributed by atoms with van der Waals surface area (Å²) in [7, 11) is 0. The highest BCUT2D eigenvalue weighted by Gasteiger charge is 2.27. The van der Waals surface area contributed by atoms with Gasteiger partial charge in [0.2, 0.25) is 0 Å². The van der Waals surface area contributed by atoms with E-state index in [0.29, 0.717) is 6.54 Å². The number of nitrogens with one attached hydrogen (secondary N) is 3. The van der Waals surface area contributed by atoms with Gasteiger partial charge in [0.15, 0.2) is 0 Å². The smallest absolute Gasteiger partial charge is 0.266 e. The van der Waals surface area contributed by atoms with Gasteiger partial charge in [-0.25, -0.2) is 5.43 Å². The summed E-state index contributed by atoms with van der Waals surface area (Å²) in [6, 6.07) is 8.34. The number of benzene rings is 1. The normalized spacial score (nSPS) is 18.4. The minimum absolute atomic E-state index is 0.0979. The molecule has 5 nitrogen and oxygen atoms in total. The van der Waals surface area contributed by atoms with Crippen LogP contribution >= 0.6 is 0 Å². The first kappa shape index (κ1) is 14.1. The average molecular weight is 286 g/mol. The van der Waals surface area contributed by atoms with Crippen molar-refractivity contribution in [1.29, 1.82) is 0 Å². The highest BCUT2D eigenvalue weighted by molar-refractivity contribution is 5.94. The highest BCUT2D eigenvalue weighted by Crippen LogP contribution is 2.15. The van der Waals surface area contributed by atoms with Gasteiger partial charge in [0.25, 0.3) is 5.91 Å². The third-order valence-corrected chi connectivity index (χ3v) is 4.11. The molecule has 1 saturated heterocycles. The zero-order valence-electron chi connectivity index (χ0n) is 12.4. The van der Waals surface area contributed by atoms with E-state index in [1.165, 1.54) is 11.1 Å². The van der Waals surface area contributed by atoms with Crippen molar-refractivity contribution in [3.8, 4) is 0 Å². The van der Waals surface area contributed by atoms with Gasteiger partial charge >= 0.3 is 0 Å². The van der Waals surface area contributed by atoms with Gasteiger partial charge in [-0.2, -0.15) is 0 Å². The van der Waals surface area contributed by atoms with Gasteiger partial charge in [-0.05, 0) is 18.1 Å². The zero-order chi connectivity index (χ0) is 14.7. The molecule has 3 N–H and O–H groups in total. The second-order valence-corrected chi connectivity index (χ2v) is 5.53. The molecule has 2 heterocycles. The van der Waals surface area contributed by atoms with E-state index in [4.69, 9.17) is 0 Å². The molecule has 0 radical (unpaired) electrons. The number of rotatable bonds is 4. The van der Waals surface area contributed by atoms with Gasteiger partial charge < -0.3 is 10.6 Å². The molecular weight excluding hydrogens is 264 g/mol. The van der Waals surface area contributed by atoms with Gasteiger partial charge in [-0.3, -0.25) is 9.80 Å². The van der Waals surface area contributed by atoms with Crippen molar-refractivity contribution in [2.45, 2.75) is 19.9 Å². The van der Waals surface area contributed by atoms with Crippen LogP contribution in [-0.4, -0.2) is 37.1 Å². The van der Waals surface area contributed by atoms with Crippen LogP contribution in [0.5, 0.6) is 0 Å². The third-order valence-electron chi connectivity index (χ3n) is 4.11. The van der Waals surface area contributed by atoms with Gasteiger partial charge in [0.1, 0.15) is 0 Å². The number of hydrogen-bond donors (Lipinski definition) is 3. The number of nitrogens with zero attached hydrogens (tertiary/aromatic N) is 1. The molecule has 1 amide bonds. The van der Waals surface area contributed by atoms with Crippen molar-refractivity contribution in [1.82, 2.24) is 21.1 Å². The third kappa shape index (κ3) is 3.09. The summed E-state index contributed by atoms with van der Waals surface area (Å²) in [6.45, 7) is 6.13. The SMILES string of the molecule is Cc1ccccc1CNC1=C(C(=O)N2CCN2)CNCC1. The van der Waals surface area contributed by atoms with E-state index >= 15 is 0 Å². The summed E-state index contributed by atoms with van der Waals surface area (Å²) in [6.07, 6.45) is 0.876. The highest BCUT2D eigenvalue weighted by atomic mass is 16.2. The fourth-order valence-corrected chi connectivity index (χ4v) is 2.65. The van der Waals surface area contributed by atoms with Crippen LogP contribution in [0.15, 0.2) is 35.5 Å². The number of carbonyl (C=O) groups is 1. The molecule has 0 saturated carbocycles. The van der Waals surface area contributed by atoms with Crippen LogP contribution in [-0.2, 0) is 11.3 Å². The lowest BCUT2D eigenvalue weighted by atomic mass is 10.0. The summed E-state index contributed by atoms with van der Waals surface area (Å²) in [5.41, 5.74) is 7.53. The monoisotopic (exact) mass is 286 g/mol. The van der Waals surface area contributed by atoms with E-state index < -0.39 is 0 Å². The molecule has 2 aliphatic heterocycles. The van der Waals surface area contributed by atoms with Gasteiger partial charge in [0, 0.05) is 38.3 Å². The van der Waals surface area contributed by atoms with Crippen molar-refractivity contribution in [2.24, 2.45) is 0 Å². The molecule has 0 atom stereocenters. The first-order valence-corrected chi connectivity index (χ1v) is 7.52. The predicted molar refractivity (Wildman–Crippen MR) is 82.2 cm³/mol. The standard InChI is InChI=1S/C16H22N4O/c1-12-4-2-3-5-13(12)10-18-15-6-7-17-11-14(15)16(21)20-9-8-19-20/h2-5,17-19H,6-11H2,1H3. The van der Waals surface area contributed by atoms with Crippen LogP contribution in [0.1, 0.15) is 17.5 Å². The molecular formula is C16H22N4O. The molecule has 0 unspecified atom stereocenters. The van der Waals surface area contributed by atoms with E-state index in [-0.39, 0.29) is 5.91 Å². The first-order valence-electron chi connectivity index (χ1n) is 7.52. The Balaban J connectivity index is 1.72. The molecule has 2 aliphatic rings. The van der Waals surface area contributed by atoms with E-state index in [1.54, 1.807) is 5.01 Å². The van der Waals surface area contributed by atoms with E-state index in [9.17, 15) is 4.79 Å². The lowest BCUT2D eigenvalue weighted by molar-refractivity contribution is -0.135. The maximum Gasteiger partial charge on any atom is 0.266 e. The number of hydrazine groups is 1. The van der Waals surface area contributed by atoms with Gasteiger partial charge in [-0.1, -0.05) is 24.3 Å². The van der Waals surface area contributed by atoms with Gasteiger partial charge in [-0.15, -0.1) is 0 Å². The number of amides is 1. The molecule has 0 bridgehead atoms. The summed E-state index contributed by atoms with van der Waals surface area (Å²) < 4.78 is 0. The molecule has 112 valence electrons. The Labute approximate surface area is 125 Å². The summed E-state index contributed by atoms with van der Waals surface area (Å²) >= 11 is 0. The molecule has 0 spiro atoms. The van der Waals surface area contributed by atoms with Crippen molar-refractivity contribution in [3.05, 3.63) is 46.7 Å². The van der Waals surface area contributed by atoms with Gasteiger partial charge in [0.05, 0.1) is 12.1 Å². The predicted octanol–water partition coefficient (Wildman–Crippen LogP) is 0.679. The molecule has 0 aromatic heterocycles. The molecule has 1 fully saturated rings. The first-order chi connectivity index (χ1) is 10.3. The molecule has 0 aliphatic carbocycles. The Morgan fingerprint density at radius 2 is 2.14 bits per heavy atom. The topological polar surface area (TPSA) is 56.4 Å². The van der Waals surface area contributed by atoms with E-state index in [0.717, 1.165) is 43.9 Å².